The lowest BCUT2D eigenvalue weighted by Crippen LogP contribution is -2.47. The van der Waals surface area contributed by atoms with E-state index < -0.39 is 6.16 Å². The third kappa shape index (κ3) is 5.61. The van der Waals surface area contributed by atoms with E-state index in [2.05, 4.69) is 11.8 Å². The summed E-state index contributed by atoms with van der Waals surface area (Å²) in [7, 11) is 0. The fourth-order valence-corrected chi connectivity index (χ4v) is 2.35. The number of carbonyl (C=O) groups is 1. The molecule has 0 atom stereocenters. The van der Waals surface area contributed by atoms with Gasteiger partial charge in [0.1, 0.15) is 11.6 Å². The van der Waals surface area contributed by atoms with Crippen molar-refractivity contribution in [1.29, 1.82) is 0 Å². The molecule has 1 aromatic rings. The number of hydrogen-bond donors (Lipinski definition) is 0. The highest BCUT2D eigenvalue weighted by Crippen LogP contribution is 2.13. The average Bonchev–Trinajstić information content (AvgIpc) is 2.51. The minimum absolute atomic E-state index is 0.268. The monoisotopic (exact) mass is 310 g/mol. The van der Waals surface area contributed by atoms with Crippen LogP contribution in [0.3, 0.4) is 0 Å². The smallest absolute Gasteiger partial charge is 0.394 e. The summed E-state index contributed by atoms with van der Waals surface area (Å²) in [4.78, 5) is 19.2. The van der Waals surface area contributed by atoms with Gasteiger partial charge < -0.3 is 14.5 Å². The van der Waals surface area contributed by atoms with Gasteiger partial charge in [-0.1, -0.05) is 19.8 Å². The molecule has 2 rings (SSSR count). The summed E-state index contributed by atoms with van der Waals surface area (Å²) >= 11 is 0. The Morgan fingerprint density at radius 3 is 2.45 bits per heavy atom. The van der Waals surface area contributed by atoms with Gasteiger partial charge >= 0.3 is 6.16 Å². The Labute approximate surface area is 130 Å². The van der Waals surface area contributed by atoms with E-state index in [1.165, 1.54) is 43.5 Å². The van der Waals surface area contributed by atoms with Crippen molar-refractivity contribution in [2.75, 3.05) is 32.7 Å². The largest absolute Gasteiger partial charge is 0.533 e. The summed E-state index contributed by atoms with van der Waals surface area (Å²) in [6.45, 7) is 6.40. The number of halogens is 1. The van der Waals surface area contributed by atoms with Gasteiger partial charge in [-0.3, -0.25) is 0 Å². The molecule has 0 bridgehead atoms. The van der Waals surface area contributed by atoms with Gasteiger partial charge in [0.25, 0.3) is 0 Å². The van der Waals surface area contributed by atoms with Crippen molar-refractivity contribution in [2.45, 2.75) is 26.2 Å². The molecule has 0 radical (unpaired) electrons. The summed E-state index contributed by atoms with van der Waals surface area (Å²) in [5, 5.41) is 1.61. The van der Waals surface area contributed by atoms with Gasteiger partial charge in [0.15, 0.2) is 0 Å². The SMILES string of the molecule is CCCCCN1CCN(OC(=O)Oc2ccc(F)cc2)CC1. The fourth-order valence-electron chi connectivity index (χ4n) is 2.35. The van der Waals surface area contributed by atoms with Gasteiger partial charge in [-0.2, -0.15) is 0 Å². The molecule has 5 nitrogen and oxygen atoms in total. The number of rotatable bonds is 6. The molecule has 1 aliphatic rings. The molecule has 0 aromatic heterocycles. The van der Waals surface area contributed by atoms with Crippen LogP contribution in [-0.4, -0.2) is 48.8 Å². The first-order valence-corrected chi connectivity index (χ1v) is 7.80. The molecule has 1 saturated heterocycles. The van der Waals surface area contributed by atoms with Gasteiger partial charge in [-0.25, -0.2) is 9.18 Å². The van der Waals surface area contributed by atoms with Crippen LogP contribution in [-0.2, 0) is 4.84 Å². The van der Waals surface area contributed by atoms with Crippen LogP contribution in [0.2, 0.25) is 0 Å². The molecule has 1 heterocycles. The molecular formula is C16H23FN2O3. The predicted octanol–water partition coefficient (Wildman–Crippen LogP) is 3.06. The van der Waals surface area contributed by atoms with E-state index in [1.54, 1.807) is 5.06 Å². The van der Waals surface area contributed by atoms with E-state index in [1.807, 2.05) is 0 Å². The minimum atomic E-state index is -0.786. The van der Waals surface area contributed by atoms with Gasteiger partial charge in [-0.05, 0) is 37.2 Å². The maximum atomic E-state index is 12.8. The molecule has 22 heavy (non-hydrogen) atoms. The molecule has 1 aliphatic heterocycles. The number of benzene rings is 1. The van der Waals surface area contributed by atoms with E-state index in [0.717, 1.165) is 19.6 Å². The van der Waals surface area contributed by atoms with Crippen molar-refractivity contribution < 1.29 is 18.8 Å². The summed E-state index contributed by atoms with van der Waals surface area (Å²) in [5.41, 5.74) is 0. The maximum absolute atomic E-state index is 12.8. The second kappa shape index (κ2) is 8.70. The van der Waals surface area contributed by atoms with E-state index in [9.17, 15) is 9.18 Å². The molecule has 0 N–H and O–H groups in total. The van der Waals surface area contributed by atoms with Crippen LogP contribution in [0.4, 0.5) is 9.18 Å². The van der Waals surface area contributed by atoms with E-state index in [0.29, 0.717) is 13.1 Å². The third-order valence-electron chi connectivity index (χ3n) is 3.63. The van der Waals surface area contributed by atoms with Gasteiger partial charge in [0.2, 0.25) is 0 Å². The highest BCUT2D eigenvalue weighted by molar-refractivity contribution is 5.63. The molecule has 1 aromatic carbocycles. The standard InChI is InChI=1S/C16H23FN2O3/c1-2-3-4-9-18-10-12-19(13-11-18)22-16(20)21-15-7-5-14(17)6-8-15/h5-8H,2-4,9-13H2,1H3. The van der Waals surface area contributed by atoms with Crippen molar-refractivity contribution in [3.8, 4) is 5.75 Å². The zero-order chi connectivity index (χ0) is 15.8. The Hall–Kier alpha value is -1.66. The quantitative estimate of drug-likeness (QED) is 0.459. The van der Waals surface area contributed by atoms with Crippen LogP contribution in [0, 0.1) is 5.82 Å². The normalized spacial score (nSPS) is 16.5. The summed E-state index contributed by atoms with van der Waals surface area (Å²) in [5.74, 6) is -0.107. The second-order valence-corrected chi connectivity index (χ2v) is 5.38. The summed E-state index contributed by atoms with van der Waals surface area (Å²) < 4.78 is 17.8. The first kappa shape index (κ1) is 16.7. The topological polar surface area (TPSA) is 42.0 Å². The number of hydroxylamine groups is 2. The van der Waals surface area contributed by atoms with Crippen molar-refractivity contribution in [3.63, 3.8) is 0 Å². The molecule has 122 valence electrons. The molecule has 0 aliphatic carbocycles. The van der Waals surface area contributed by atoms with Crippen molar-refractivity contribution in [3.05, 3.63) is 30.1 Å². The Balaban J connectivity index is 1.67. The van der Waals surface area contributed by atoms with Gasteiger partial charge in [0.05, 0.1) is 0 Å². The highest BCUT2D eigenvalue weighted by atomic mass is 19.1. The van der Waals surface area contributed by atoms with Crippen LogP contribution >= 0.6 is 0 Å². The van der Waals surface area contributed by atoms with Crippen LogP contribution in [0.5, 0.6) is 5.75 Å². The number of unbranched alkanes of at least 4 members (excludes halogenated alkanes) is 2. The molecule has 6 heteroatoms. The Kier molecular flexibility index (Phi) is 6.61. The van der Waals surface area contributed by atoms with Crippen molar-refractivity contribution in [2.24, 2.45) is 0 Å². The van der Waals surface area contributed by atoms with Gasteiger partial charge in [0, 0.05) is 26.2 Å². The number of ether oxygens (including phenoxy) is 1. The van der Waals surface area contributed by atoms with Crippen molar-refractivity contribution >= 4 is 6.16 Å². The molecular weight excluding hydrogens is 287 g/mol. The number of hydrogen-bond acceptors (Lipinski definition) is 5. The Morgan fingerprint density at radius 1 is 1.14 bits per heavy atom. The second-order valence-electron chi connectivity index (χ2n) is 5.38. The number of piperazine rings is 1. The number of carbonyl (C=O) groups excluding carboxylic acids is 1. The summed E-state index contributed by atoms with van der Waals surface area (Å²) in [6, 6.07) is 5.25. The molecule has 0 unspecified atom stereocenters. The van der Waals surface area contributed by atoms with Gasteiger partial charge in [-0.15, -0.1) is 5.06 Å². The maximum Gasteiger partial charge on any atom is 0.533 e. The van der Waals surface area contributed by atoms with Crippen LogP contribution in [0.25, 0.3) is 0 Å². The highest BCUT2D eigenvalue weighted by Gasteiger charge is 2.20. The lowest BCUT2D eigenvalue weighted by molar-refractivity contribution is -0.136. The van der Waals surface area contributed by atoms with Crippen LogP contribution in [0.1, 0.15) is 26.2 Å². The molecule has 0 spiro atoms. The lowest BCUT2D eigenvalue weighted by Gasteiger charge is -2.32. The fraction of sp³-hybridized carbons (Fsp3) is 0.562. The zero-order valence-corrected chi connectivity index (χ0v) is 13.0. The molecule has 0 amide bonds. The van der Waals surface area contributed by atoms with E-state index >= 15 is 0 Å². The first-order valence-electron chi connectivity index (χ1n) is 7.80. The van der Waals surface area contributed by atoms with Crippen molar-refractivity contribution in [1.82, 2.24) is 9.96 Å². The third-order valence-corrected chi connectivity index (χ3v) is 3.63. The molecule has 1 fully saturated rings. The number of nitrogens with zero attached hydrogens (tertiary/aromatic N) is 2. The summed E-state index contributed by atoms with van der Waals surface area (Å²) in [6.07, 6.45) is 2.90. The Bertz CT molecular complexity index is 459. The average molecular weight is 310 g/mol. The van der Waals surface area contributed by atoms with E-state index in [4.69, 9.17) is 9.57 Å². The van der Waals surface area contributed by atoms with E-state index in [-0.39, 0.29) is 11.6 Å². The van der Waals surface area contributed by atoms with Crippen LogP contribution in [0.15, 0.2) is 24.3 Å². The lowest BCUT2D eigenvalue weighted by atomic mass is 10.2. The zero-order valence-electron chi connectivity index (χ0n) is 13.0. The van der Waals surface area contributed by atoms with Crippen LogP contribution < -0.4 is 4.74 Å². The predicted molar refractivity (Wildman–Crippen MR) is 81.0 cm³/mol. The minimum Gasteiger partial charge on any atom is -0.394 e. The Morgan fingerprint density at radius 2 is 1.82 bits per heavy atom. The molecule has 0 saturated carbocycles. The first-order chi connectivity index (χ1) is 10.7.